The summed E-state index contributed by atoms with van der Waals surface area (Å²) in [6.07, 6.45) is 5.90. The normalized spacial score (nSPS) is 20.0. The van der Waals surface area contributed by atoms with E-state index in [2.05, 4.69) is 29.7 Å². The van der Waals surface area contributed by atoms with E-state index < -0.39 is 0 Å². The van der Waals surface area contributed by atoms with Crippen LogP contribution in [0.3, 0.4) is 0 Å². The molecule has 0 spiro atoms. The molecule has 0 aromatic rings. The van der Waals surface area contributed by atoms with Crippen molar-refractivity contribution < 1.29 is 4.79 Å². The van der Waals surface area contributed by atoms with Crippen molar-refractivity contribution in [3.05, 3.63) is 59.7 Å². The minimum Gasteiger partial charge on any atom is -0.299 e. The summed E-state index contributed by atoms with van der Waals surface area (Å²) in [7, 11) is 0. The SMILES string of the molecule is C=C=C=C(C=C(C)C(=C)C#N)N1C/C=C\CC(=O)C(C)C(C)=N1. The fourth-order valence-corrected chi connectivity index (χ4v) is 1.90. The lowest BCUT2D eigenvalue weighted by Gasteiger charge is -2.19. The molecule has 0 aliphatic carbocycles. The number of allylic oxidation sites excluding steroid dienone is 4. The number of hydrogen-bond donors (Lipinski definition) is 0. The minimum atomic E-state index is -0.242. The summed E-state index contributed by atoms with van der Waals surface area (Å²) < 4.78 is 0. The molecule has 1 atom stereocenters. The molecule has 1 unspecified atom stereocenters. The second kappa shape index (κ2) is 8.56. The topological polar surface area (TPSA) is 56.5 Å². The molecule has 1 aliphatic heterocycles. The molecule has 0 aromatic heterocycles. The van der Waals surface area contributed by atoms with Gasteiger partial charge in [0.05, 0.1) is 18.5 Å². The Bertz CT molecular complexity index is 718. The number of nitrogens with zero attached hydrogens (tertiary/aromatic N) is 3. The molecule has 0 aromatic carbocycles. The molecule has 0 bridgehead atoms. The van der Waals surface area contributed by atoms with Gasteiger partial charge in [-0.3, -0.25) is 9.80 Å². The Kier molecular flexibility index (Phi) is 6.77. The molecule has 1 rings (SSSR count). The molecule has 0 radical (unpaired) electrons. The predicted molar refractivity (Wildman–Crippen MR) is 92.4 cm³/mol. The molecule has 0 saturated carbocycles. The lowest BCUT2D eigenvalue weighted by Crippen LogP contribution is -2.22. The Labute approximate surface area is 137 Å². The molecule has 23 heavy (non-hydrogen) atoms. The Morgan fingerprint density at radius 1 is 1.52 bits per heavy atom. The van der Waals surface area contributed by atoms with Crippen LogP contribution in [0.2, 0.25) is 0 Å². The van der Waals surface area contributed by atoms with Gasteiger partial charge < -0.3 is 0 Å². The van der Waals surface area contributed by atoms with E-state index in [9.17, 15) is 4.79 Å². The second-order valence-electron chi connectivity index (χ2n) is 5.29. The summed E-state index contributed by atoms with van der Waals surface area (Å²) in [6.45, 7) is 13.2. The number of rotatable bonds is 3. The molecular weight excluding hydrogens is 286 g/mol. The van der Waals surface area contributed by atoms with Crippen LogP contribution in [-0.4, -0.2) is 23.0 Å². The summed E-state index contributed by atoms with van der Waals surface area (Å²) in [5.41, 5.74) is 7.95. The largest absolute Gasteiger partial charge is 0.299 e. The van der Waals surface area contributed by atoms with E-state index in [1.165, 1.54) is 0 Å². The maximum absolute atomic E-state index is 12.0. The quantitative estimate of drug-likeness (QED) is 0.346. The predicted octanol–water partition coefficient (Wildman–Crippen LogP) is 3.68. The van der Waals surface area contributed by atoms with Gasteiger partial charge in [0.2, 0.25) is 0 Å². The number of carbonyl (C=O) groups excluding carboxylic acids is 1. The van der Waals surface area contributed by atoms with Gasteiger partial charge >= 0.3 is 0 Å². The summed E-state index contributed by atoms with van der Waals surface area (Å²) in [4.78, 5) is 12.0. The molecule has 4 heteroatoms. The van der Waals surface area contributed by atoms with Crippen molar-refractivity contribution in [2.75, 3.05) is 6.54 Å². The summed E-state index contributed by atoms with van der Waals surface area (Å²) >= 11 is 0. The van der Waals surface area contributed by atoms with Crippen LogP contribution in [0.5, 0.6) is 0 Å². The van der Waals surface area contributed by atoms with Gasteiger partial charge in [0.15, 0.2) is 0 Å². The number of nitriles is 1. The van der Waals surface area contributed by atoms with Crippen molar-refractivity contribution in [2.45, 2.75) is 27.2 Å². The zero-order chi connectivity index (χ0) is 17.4. The van der Waals surface area contributed by atoms with Crippen molar-refractivity contribution in [1.29, 1.82) is 5.26 Å². The van der Waals surface area contributed by atoms with Crippen molar-refractivity contribution in [2.24, 2.45) is 11.0 Å². The van der Waals surface area contributed by atoms with E-state index >= 15 is 0 Å². The third kappa shape index (κ3) is 5.13. The second-order valence-corrected chi connectivity index (χ2v) is 5.29. The Balaban J connectivity index is 3.33. The van der Waals surface area contributed by atoms with Crippen LogP contribution in [0, 0.1) is 17.2 Å². The number of hydrazone groups is 1. The average molecular weight is 307 g/mol. The number of hydrogen-bond acceptors (Lipinski definition) is 4. The number of carbonyl (C=O) groups is 1. The highest BCUT2D eigenvalue weighted by molar-refractivity contribution is 6.04. The molecule has 1 aliphatic rings. The van der Waals surface area contributed by atoms with Crippen LogP contribution in [0.1, 0.15) is 27.2 Å². The minimum absolute atomic E-state index is 0.138. The number of ketones is 1. The van der Waals surface area contributed by atoms with Crippen molar-refractivity contribution >= 4 is 11.5 Å². The smallest absolute Gasteiger partial charge is 0.145 e. The molecule has 4 nitrogen and oxygen atoms in total. The standard InChI is InChI=1S/C19H21N3O/c1-6-9-18(12-14(2)15(3)13-20)22-11-8-7-10-19(23)16(4)17(5)21-22/h7-8,12,16H,1,3,10-11H2,2,4-5H3/b8-7-,14-12?,21-17?. The van der Waals surface area contributed by atoms with Crippen molar-refractivity contribution in [1.82, 2.24) is 5.01 Å². The lowest BCUT2D eigenvalue weighted by molar-refractivity contribution is -0.119. The monoisotopic (exact) mass is 307 g/mol. The first-order chi connectivity index (χ1) is 10.9. The van der Waals surface area contributed by atoms with Crippen LogP contribution in [-0.2, 0) is 4.79 Å². The van der Waals surface area contributed by atoms with Gasteiger partial charge in [0.25, 0.3) is 0 Å². The van der Waals surface area contributed by atoms with Crippen molar-refractivity contribution in [3.63, 3.8) is 0 Å². The van der Waals surface area contributed by atoms with Crippen LogP contribution in [0.4, 0.5) is 0 Å². The third-order valence-electron chi connectivity index (χ3n) is 3.61. The van der Waals surface area contributed by atoms with E-state index in [1.54, 1.807) is 18.0 Å². The van der Waals surface area contributed by atoms with Crippen molar-refractivity contribution in [3.8, 4) is 6.07 Å². The molecule has 0 fully saturated rings. The van der Waals surface area contributed by atoms with E-state index in [1.807, 2.05) is 32.1 Å². The molecule has 0 saturated heterocycles. The molecule has 0 amide bonds. The van der Waals surface area contributed by atoms with Crippen LogP contribution < -0.4 is 0 Å². The Morgan fingerprint density at radius 2 is 2.22 bits per heavy atom. The van der Waals surface area contributed by atoms with Gasteiger partial charge in [-0.2, -0.15) is 10.4 Å². The van der Waals surface area contributed by atoms with Crippen LogP contribution in [0.15, 0.2) is 64.8 Å². The first-order valence-corrected chi connectivity index (χ1v) is 7.33. The van der Waals surface area contributed by atoms with E-state index in [0.717, 1.165) is 5.71 Å². The van der Waals surface area contributed by atoms with E-state index in [-0.39, 0.29) is 11.7 Å². The van der Waals surface area contributed by atoms with E-state index in [0.29, 0.717) is 29.8 Å². The molecular formula is C19H21N3O. The summed E-state index contributed by atoms with van der Waals surface area (Å²) in [5, 5.41) is 15.2. The zero-order valence-corrected chi connectivity index (χ0v) is 13.9. The van der Waals surface area contributed by atoms with Gasteiger partial charge in [0, 0.05) is 17.7 Å². The summed E-state index contributed by atoms with van der Waals surface area (Å²) in [5.74, 6) is -0.105. The van der Waals surface area contributed by atoms with Gasteiger partial charge in [0.1, 0.15) is 11.5 Å². The fraction of sp³-hybridized carbons (Fsp3) is 0.316. The van der Waals surface area contributed by atoms with E-state index in [4.69, 9.17) is 5.26 Å². The third-order valence-corrected chi connectivity index (χ3v) is 3.61. The van der Waals surface area contributed by atoms with Gasteiger partial charge in [-0.05, 0) is 37.8 Å². The Morgan fingerprint density at radius 3 is 2.83 bits per heavy atom. The van der Waals surface area contributed by atoms with Crippen LogP contribution in [0.25, 0.3) is 0 Å². The molecule has 118 valence electrons. The highest BCUT2D eigenvalue weighted by atomic mass is 16.1. The fourth-order valence-electron chi connectivity index (χ4n) is 1.90. The molecule has 1 heterocycles. The van der Waals surface area contributed by atoms with Gasteiger partial charge in [-0.15, -0.1) is 0 Å². The van der Waals surface area contributed by atoms with Crippen LogP contribution >= 0.6 is 0 Å². The first kappa shape index (κ1) is 18.2. The maximum atomic E-state index is 12.0. The molecule has 0 N–H and O–H groups in total. The average Bonchev–Trinajstić information content (AvgIpc) is 2.59. The highest BCUT2D eigenvalue weighted by Crippen LogP contribution is 2.16. The number of Topliss-reactive ketones (excluding diaryl/α,β-unsaturated/α-hetero) is 1. The highest BCUT2D eigenvalue weighted by Gasteiger charge is 2.18. The maximum Gasteiger partial charge on any atom is 0.145 e. The lowest BCUT2D eigenvalue weighted by atomic mass is 9.99. The zero-order valence-electron chi connectivity index (χ0n) is 13.9. The summed E-state index contributed by atoms with van der Waals surface area (Å²) in [6, 6.07) is 2.02. The van der Waals surface area contributed by atoms with Gasteiger partial charge in [-0.1, -0.05) is 31.4 Å². The Hall–Kier alpha value is -2.85. The van der Waals surface area contributed by atoms with Gasteiger partial charge in [-0.25, -0.2) is 0 Å². The first-order valence-electron chi connectivity index (χ1n) is 7.33.